The molecule has 1 aliphatic carbocycles. The molecule has 1 aromatic rings. The normalized spacial score (nSPS) is 23.6. The molecule has 1 heterocycles. The molecule has 22 heavy (non-hydrogen) atoms. The van der Waals surface area contributed by atoms with E-state index >= 15 is 0 Å². The van der Waals surface area contributed by atoms with Crippen LogP contribution in [0.5, 0.6) is 5.75 Å². The third-order valence-electron chi connectivity index (χ3n) is 4.92. The average molecular weight is 300 g/mol. The van der Waals surface area contributed by atoms with Crippen LogP contribution in [-0.4, -0.2) is 49.6 Å². The van der Waals surface area contributed by atoms with Crippen molar-refractivity contribution in [2.45, 2.75) is 25.8 Å². The van der Waals surface area contributed by atoms with Gasteiger partial charge in [-0.1, -0.05) is 24.3 Å². The van der Waals surface area contributed by atoms with Gasteiger partial charge in [0.1, 0.15) is 5.75 Å². The van der Waals surface area contributed by atoms with Crippen LogP contribution < -0.4 is 4.74 Å². The summed E-state index contributed by atoms with van der Waals surface area (Å²) in [4.78, 5) is 5.23. The maximum atomic E-state index is 5.22. The summed E-state index contributed by atoms with van der Waals surface area (Å²) in [6, 6.07) is 8.48. The van der Waals surface area contributed by atoms with E-state index < -0.39 is 0 Å². The number of piperazine rings is 1. The minimum Gasteiger partial charge on any atom is -0.497 e. The summed E-state index contributed by atoms with van der Waals surface area (Å²) >= 11 is 0. The average Bonchev–Trinajstić information content (AvgIpc) is 2.58. The zero-order chi connectivity index (χ0) is 15.2. The molecule has 0 saturated carbocycles. The van der Waals surface area contributed by atoms with Gasteiger partial charge in [-0.3, -0.25) is 4.90 Å². The van der Waals surface area contributed by atoms with E-state index in [1.54, 1.807) is 7.11 Å². The summed E-state index contributed by atoms with van der Waals surface area (Å²) in [6.07, 6.45) is 8.65. The van der Waals surface area contributed by atoms with Crippen LogP contribution in [0.25, 0.3) is 0 Å². The van der Waals surface area contributed by atoms with Crippen molar-refractivity contribution in [2.24, 2.45) is 5.92 Å². The van der Waals surface area contributed by atoms with Gasteiger partial charge in [-0.15, -0.1) is 0 Å². The van der Waals surface area contributed by atoms with Gasteiger partial charge in [0, 0.05) is 39.3 Å². The number of allylic oxidation sites excluding steroid dienone is 2. The Kier molecular flexibility index (Phi) is 5.52. The lowest BCUT2D eigenvalue weighted by Gasteiger charge is -2.36. The van der Waals surface area contributed by atoms with E-state index in [1.165, 1.54) is 57.5 Å². The van der Waals surface area contributed by atoms with Gasteiger partial charge in [-0.05, 0) is 42.9 Å². The van der Waals surface area contributed by atoms with E-state index in [1.807, 2.05) is 0 Å². The highest BCUT2D eigenvalue weighted by atomic mass is 16.5. The van der Waals surface area contributed by atoms with Crippen LogP contribution in [0.15, 0.2) is 36.4 Å². The van der Waals surface area contributed by atoms with Crippen LogP contribution in [0, 0.1) is 5.92 Å². The van der Waals surface area contributed by atoms with Crippen molar-refractivity contribution in [1.82, 2.24) is 9.80 Å². The number of hydrogen-bond donors (Lipinski definition) is 0. The van der Waals surface area contributed by atoms with Gasteiger partial charge < -0.3 is 9.64 Å². The molecule has 0 bridgehead atoms. The smallest absolute Gasteiger partial charge is 0.118 e. The largest absolute Gasteiger partial charge is 0.497 e. The van der Waals surface area contributed by atoms with Gasteiger partial charge in [-0.25, -0.2) is 0 Å². The lowest BCUT2D eigenvalue weighted by molar-refractivity contribution is 0.111. The molecule has 1 fully saturated rings. The zero-order valence-electron chi connectivity index (χ0n) is 13.7. The monoisotopic (exact) mass is 300 g/mol. The van der Waals surface area contributed by atoms with Crippen LogP contribution >= 0.6 is 0 Å². The second kappa shape index (κ2) is 7.80. The van der Waals surface area contributed by atoms with Crippen molar-refractivity contribution in [3.63, 3.8) is 0 Å². The van der Waals surface area contributed by atoms with E-state index in [2.05, 4.69) is 46.2 Å². The first-order chi connectivity index (χ1) is 10.8. The summed E-state index contributed by atoms with van der Waals surface area (Å²) in [5, 5.41) is 0. The molecule has 0 unspecified atom stereocenters. The summed E-state index contributed by atoms with van der Waals surface area (Å²) in [6.45, 7) is 7.17. The number of ether oxygens (including phenoxy) is 1. The van der Waals surface area contributed by atoms with Crippen LogP contribution in [0.3, 0.4) is 0 Å². The SMILES string of the molecule is COc1ccc(CN2CCN(C[C@@H]3CC=CCC3)CC2)cc1. The summed E-state index contributed by atoms with van der Waals surface area (Å²) < 4.78 is 5.22. The molecule has 0 amide bonds. The lowest BCUT2D eigenvalue weighted by Crippen LogP contribution is -2.47. The van der Waals surface area contributed by atoms with Crippen LogP contribution in [0.4, 0.5) is 0 Å². The molecule has 0 spiro atoms. The Morgan fingerprint density at radius 2 is 1.73 bits per heavy atom. The second-order valence-corrected chi connectivity index (χ2v) is 6.58. The maximum absolute atomic E-state index is 5.22. The van der Waals surface area contributed by atoms with Gasteiger partial charge in [0.2, 0.25) is 0 Å². The Labute approximate surface area is 134 Å². The summed E-state index contributed by atoms with van der Waals surface area (Å²) in [7, 11) is 1.72. The van der Waals surface area contributed by atoms with Crippen LogP contribution in [-0.2, 0) is 6.54 Å². The molecule has 1 aliphatic heterocycles. The first-order valence-corrected chi connectivity index (χ1v) is 8.56. The molecule has 120 valence electrons. The Bertz CT molecular complexity index is 475. The van der Waals surface area contributed by atoms with Gasteiger partial charge in [0.15, 0.2) is 0 Å². The van der Waals surface area contributed by atoms with E-state index in [9.17, 15) is 0 Å². The Hall–Kier alpha value is -1.32. The second-order valence-electron chi connectivity index (χ2n) is 6.58. The molecular formula is C19H28N2O. The van der Waals surface area contributed by atoms with Crippen molar-refractivity contribution in [3.05, 3.63) is 42.0 Å². The minimum atomic E-state index is 0.887. The van der Waals surface area contributed by atoms with Crippen LogP contribution in [0.2, 0.25) is 0 Å². The summed E-state index contributed by atoms with van der Waals surface area (Å²) in [5.41, 5.74) is 1.38. The van der Waals surface area contributed by atoms with Crippen molar-refractivity contribution < 1.29 is 4.74 Å². The van der Waals surface area contributed by atoms with Crippen molar-refractivity contribution in [1.29, 1.82) is 0 Å². The van der Waals surface area contributed by atoms with Gasteiger partial charge >= 0.3 is 0 Å². The molecule has 3 nitrogen and oxygen atoms in total. The van der Waals surface area contributed by atoms with Crippen molar-refractivity contribution in [3.8, 4) is 5.75 Å². The number of methoxy groups -OCH3 is 1. The fourth-order valence-corrected chi connectivity index (χ4v) is 3.51. The number of rotatable bonds is 5. The Morgan fingerprint density at radius 3 is 2.36 bits per heavy atom. The van der Waals surface area contributed by atoms with E-state index in [0.717, 1.165) is 18.2 Å². The van der Waals surface area contributed by atoms with E-state index in [4.69, 9.17) is 4.74 Å². The minimum absolute atomic E-state index is 0.887. The molecule has 0 aromatic heterocycles. The molecule has 0 radical (unpaired) electrons. The highest BCUT2D eigenvalue weighted by Gasteiger charge is 2.20. The Morgan fingerprint density at radius 1 is 1.00 bits per heavy atom. The predicted molar refractivity (Wildman–Crippen MR) is 91.2 cm³/mol. The summed E-state index contributed by atoms with van der Waals surface area (Å²) in [5.74, 6) is 1.83. The number of benzene rings is 1. The lowest BCUT2D eigenvalue weighted by atomic mass is 9.94. The molecule has 2 aliphatic rings. The van der Waals surface area contributed by atoms with Crippen LogP contribution in [0.1, 0.15) is 24.8 Å². The predicted octanol–water partition coefficient (Wildman–Crippen LogP) is 3.17. The Balaban J connectivity index is 1.42. The van der Waals surface area contributed by atoms with Gasteiger partial charge in [-0.2, -0.15) is 0 Å². The van der Waals surface area contributed by atoms with Crippen molar-refractivity contribution >= 4 is 0 Å². The van der Waals surface area contributed by atoms with Crippen molar-refractivity contribution in [2.75, 3.05) is 39.8 Å². The molecule has 1 saturated heterocycles. The topological polar surface area (TPSA) is 15.7 Å². The number of nitrogens with zero attached hydrogens (tertiary/aromatic N) is 2. The molecule has 0 N–H and O–H groups in total. The fourth-order valence-electron chi connectivity index (χ4n) is 3.51. The van der Waals surface area contributed by atoms with E-state index in [0.29, 0.717) is 0 Å². The highest BCUT2D eigenvalue weighted by Crippen LogP contribution is 2.20. The standard InChI is InChI=1S/C19H28N2O/c1-22-19-9-7-18(8-10-19)16-21-13-11-20(12-14-21)15-17-5-3-2-4-6-17/h2-3,7-10,17H,4-6,11-16H2,1H3/t17-/m1/s1. The zero-order valence-corrected chi connectivity index (χ0v) is 13.7. The third-order valence-corrected chi connectivity index (χ3v) is 4.92. The quantitative estimate of drug-likeness (QED) is 0.777. The molecule has 1 atom stereocenters. The molecular weight excluding hydrogens is 272 g/mol. The molecule has 3 heteroatoms. The van der Waals surface area contributed by atoms with Gasteiger partial charge in [0.05, 0.1) is 7.11 Å². The third kappa shape index (κ3) is 4.34. The van der Waals surface area contributed by atoms with Gasteiger partial charge in [0.25, 0.3) is 0 Å². The fraction of sp³-hybridized carbons (Fsp3) is 0.579. The number of hydrogen-bond acceptors (Lipinski definition) is 3. The first kappa shape index (κ1) is 15.6. The highest BCUT2D eigenvalue weighted by molar-refractivity contribution is 5.27. The molecule has 1 aromatic carbocycles. The maximum Gasteiger partial charge on any atom is 0.118 e. The first-order valence-electron chi connectivity index (χ1n) is 8.56. The molecule has 3 rings (SSSR count). The van der Waals surface area contributed by atoms with E-state index in [-0.39, 0.29) is 0 Å².